The van der Waals surface area contributed by atoms with Gasteiger partial charge < -0.3 is 9.84 Å². The molecule has 4 rings (SSSR count). The largest absolute Gasteiger partial charge is 0.482 e. The van der Waals surface area contributed by atoms with E-state index in [0.717, 1.165) is 16.6 Å². The van der Waals surface area contributed by atoms with Crippen molar-refractivity contribution in [2.24, 2.45) is 0 Å². The second kappa shape index (κ2) is 6.03. The molecule has 0 saturated heterocycles. The van der Waals surface area contributed by atoms with Crippen LogP contribution in [0.2, 0.25) is 0 Å². The molecule has 2 heterocycles. The van der Waals surface area contributed by atoms with Crippen LogP contribution < -0.4 is 14.8 Å². The molecule has 4 aromatic rings. The van der Waals surface area contributed by atoms with E-state index in [1.165, 1.54) is 11.3 Å². The average molecular weight is 352 g/mol. The van der Waals surface area contributed by atoms with Crippen LogP contribution in [-0.2, 0) is 4.79 Å². The molecule has 0 aliphatic heterocycles. The molecule has 2 aromatic heterocycles. The SMILES string of the molecule is O=C(O)COc1cccc(/C=c2\sc3nc4ccccc4n3c2=O)c1. The summed E-state index contributed by atoms with van der Waals surface area (Å²) in [4.78, 5) is 28.4. The van der Waals surface area contributed by atoms with E-state index in [1.54, 1.807) is 28.7 Å². The van der Waals surface area contributed by atoms with Crippen molar-refractivity contribution < 1.29 is 14.6 Å². The molecule has 25 heavy (non-hydrogen) atoms. The van der Waals surface area contributed by atoms with Gasteiger partial charge in [0.1, 0.15) is 5.75 Å². The molecule has 0 atom stereocenters. The second-order valence-electron chi connectivity index (χ2n) is 5.39. The summed E-state index contributed by atoms with van der Waals surface area (Å²) < 4.78 is 7.33. The first-order chi connectivity index (χ1) is 12.1. The van der Waals surface area contributed by atoms with Gasteiger partial charge in [-0.2, -0.15) is 0 Å². The van der Waals surface area contributed by atoms with Gasteiger partial charge in [0.2, 0.25) is 0 Å². The summed E-state index contributed by atoms with van der Waals surface area (Å²) in [6.45, 7) is -0.408. The van der Waals surface area contributed by atoms with E-state index in [9.17, 15) is 9.59 Å². The Morgan fingerprint density at radius 3 is 2.92 bits per heavy atom. The van der Waals surface area contributed by atoms with Gasteiger partial charge in [0.25, 0.3) is 5.56 Å². The van der Waals surface area contributed by atoms with Crippen molar-refractivity contribution in [3.05, 3.63) is 69.0 Å². The molecule has 0 fully saturated rings. The fraction of sp³-hybridized carbons (Fsp3) is 0.0556. The van der Waals surface area contributed by atoms with E-state index in [-0.39, 0.29) is 5.56 Å². The van der Waals surface area contributed by atoms with Crippen LogP contribution in [0.1, 0.15) is 5.56 Å². The molecule has 7 heteroatoms. The molecular weight excluding hydrogens is 340 g/mol. The van der Waals surface area contributed by atoms with E-state index < -0.39 is 12.6 Å². The van der Waals surface area contributed by atoms with Crippen LogP contribution in [0.25, 0.3) is 22.1 Å². The van der Waals surface area contributed by atoms with Gasteiger partial charge in [0, 0.05) is 0 Å². The number of benzene rings is 2. The van der Waals surface area contributed by atoms with Gasteiger partial charge in [-0.05, 0) is 35.9 Å². The van der Waals surface area contributed by atoms with Crippen molar-refractivity contribution in [1.29, 1.82) is 0 Å². The highest BCUT2D eigenvalue weighted by Crippen LogP contribution is 2.17. The Bertz CT molecular complexity index is 1210. The normalized spacial score (nSPS) is 12.1. The molecule has 0 spiro atoms. The summed E-state index contributed by atoms with van der Waals surface area (Å²) in [5.74, 6) is -0.599. The quantitative estimate of drug-likeness (QED) is 0.607. The lowest BCUT2D eigenvalue weighted by atomic mass is 10.2. The number of aliphatic carboxylic acids is 1. The molecule has 2 aromatic carbocycles. The third kappa shape index (κ3) is 2.85. The number of nitrogens with zero attached hydrogens (tertiary/aromatic N) is 2. The van der Waals surface area contributed by atoms with Gasteiger partial charge in [0.15, 0.2) is 11.6 Å². The number of thiazole rings is 1. The number of rotatable bonds is 4. The number of aromatic nitrogens is 2. The molecule has 6 nitrogen and oxygen atoms in total. The molecule has 1 N–H and O–H groups in total. The Morgan fingerprint density at radius 1 is 1.24 bits per heavy atom. The minimum atomic E-state index is -1.04. The number of hydrogen-bond donors (Lipinski definition) is 1. The molecule has 124 valence electrons. The Balaban J connectivity index is 1.79. The average Bonchev–Trinajstić information content (AvgIpc) is 3.10. The minimum absolute atomic E-state index is 0.120. The van der Waals surface area contributed by atoms with E-state index in [0.29, 0.717) is 15.2 Å². The highest BCUT2D eigenvalue weighted by molar-refractivity contribution is 7.15. The van der Waals surface area contributed by atoms with Crippen molar-refractivity contribution in [3.8, 4) is 5.75 Å². The van der Waals surface area contributed by atoms with Crippen LogP contribution in [0.3, 0.4) is 0 Å². The summed E-state index contributed by atoms with van der Waals surface area (Å²) in [6.07, 6.45) is 1.75. The van der Waals surface area contributed by atoms with Crippen LogP contribution in [0, 0.1) is 0 Å². The third-order valence-electron chi connectivity index (χ3n) is 3.66. The Kier molecular flexibility index (Phi) is 3.70. The Morgan fingerprint density at radius 2 is 2.08 bits per heavy atom. The standard InChI is InChI=1S/C18H12N2O4S/c21-16(22)10-24-12-5-3-4-11(8-12)9-15-17(23)20-14-7-2-1-6-13(14)19-18(20)25-15/h1-9H,10H2,(H,21,22)/b15-9-. The first-order valence-corrected chi connectivity index (χ1v) is 8.30. The van der Waals surface area contributed by atoms with Crippen molar-refractivity contribution in [2.75, 3.05) is 6.61 Å². The lowest BCUT2D eigenvalue weighted by Crippen LogP contribution is -2.22. The zero-order chi connectivity index (χ0) is 17.4. The molecule has 0 unspecified atom stereocenters. The van der Waals surface area contributed by atoms with Gasteiger partial charge in [-0.15, -0.1) is 0 Å². The summed E-state index contributed by atoms with van der Waals surface area (Å²) >= 11 is 1.32. The number of fused-ring (bicyclic) bond motifs is 3. The number of hydrogen-bond acceptors (Lipinski definition) is 5. The fourth-order valence-corrected chi connectivity index (χ4v) is 3.59. The van der Waals surface area contributed by atoms with Crippen molar-refractivity contribution in [1.82, 2.24) is 9.38 Å². The number of para-hydroxylation sites is 2. The predicted octanol–water partition coefficient (Wildman–Crippen LogP) is 1.92. The number of carboxylic acid groups (broad SMARTS) is 1. The van der Waals surface area contributed by atoms with Gasteiger partial charge in [0.05, 0.1) is 15.6 Å². The smallest absolute Gasteiger partial charge is 0.341 e. The summed E-state index contributed by atoms with van der Waals surface area (Å²) in [6, 6.07) is 14.5. The van der Waals surface area contributed by atoms with Crippen molar-refractivity contribution in [2.45, 2.75) is 0 Å². The van der Waals surface area contributed by atoms with E-state index in [4.69, 9.17) is 9.84 Å². The van der Waals surface area contributed by atoms with Crippen molar-refractivity contribution >= 4 is 39.4 Å². The Labute approximate surface area is 145 Å². The Hall–Kier alpha value is -3.19. The maximum Gasteiger partial charge on any atom is 0.341 e. The summed E-state index contributed by atoms with van der Waals surface area (Å²) in [7, 11) is 0. The highest BCUT2D eigenvalue weighted by Gasteiger charge is 2.10. The van der Waals surface area contributed by atoms with Crippen LogP contribution >= 0.6 is 11.3 Å². The number of carboxylic acids is 1. The highest BCUT2D eigenvalue weighted by atomic mass is 32.1. The van der Waals surface area contributed by atoms with E-state index in [2.05, 4.69) is 4.98 Å². The zero-order valence-corrected chi connectivity index (χ0v) is 13.7. The van der Waals surface area contributed by atoms with Gasteiger partial charge in [-0.1, -0.05) is 35.6 Å². The van der Waals surface area contributed by atoms with E-state index in [1.807, 2.05) is 30.3 Å². The van der Waals surface area contributed by atoms with Gasteiger partial charge in [-0.25, -0.2) is 14.2 Å². The fourth-order valence-electron chi connectivity index (χ4n) is 2.60. The lowest BCUT2D eigenvalue weighted by molar-refractivity contribution is -0.139. The van der Waals surface area contributed by atoms with Crippen LogP contribution in [0.5, 0.6) is 5.75 Å². The number of imidazole rings is 1. The minimum Gasteiger partial charge on any atom is -0.482 e. The predicted molar refractivity (Wildman–Crippen MR) is 95.2 cm³/mol. The maximum absolute atomic E-state index is 12.7. The molecule has 0 saturated carbocycles. The molecule has 0 aliphatic carbocycles. The number of carbonyl (C=O) groups is 1. The van der Waals surface area contributed by atoms with Crippen LogP contribution in [0.4, 0.5) is 0 Å². The first-order valence-electron chi connectivity index (χ1n) is 7.48. The topological polar surface area (TPSA) is 80.9 Å². The summed E-state index contributed by atoms with van der Waals surface area (Å²) in [5.41, 5.74) is 2.22. The molecule has 0 amide bonds. The molecule has 0 radical (unpaired) electrons. The maximum atomic E-state index is 12.7. The van der Waals surface area contributed by atoms with Crippen molar-refractivity contribution in [3.63, 3.8) is 0 Å². The number of ether oxygens (including phenoxy) is 1. The zero-order valence-electron chi connectivity index (χ0n) is 12.9. The van der Waals surface area contributed by atoms with Gasteiger partial charge >= 0.3 is 5.97 Å². The summed E-state index contributed by atoms with van der Waals surface area (Å²) in [5, 5.41) is 8.68. The first kappa shape index (κ1) is 15.3. The second-order valence-corrected chi connectivity index (χ2v) is 6.40. The monoisotopic (exact) mass is 352 g/mol. The van der Waals surface area contributed by atoms with Gasteiger partial charge in [-0.3, -0.25) is 4.79 Å². The molecular formula is C18H12N2O4S. The third-order valence-corrected chi connectivity index (χ3v) is 4.63. The van der Waals surface area contributed by atoms with Crippen LogP contribution in [-0.4, -0.2) is 27.1 Å². The molecule has 0 aliphatic rings. The lowest BCUT2D eigenvalue weighted by Gasteiger charge is -2.03. The molecule has 0 bridgehead atoms. The van der Waals surface area contributed by atoms with E-state index >= 15 is 0 Å². The van der Waals surface area contributed by atoms with Crippen LogP contribution in [0.15, 0.2) is 53.3 Å².